The standard InChI is InChI=1S/C75H146O17P2/c1-7-9-11-13-15-16-17-18-23-30-35-41-47-53-59-74(79)91-70(63-85-72(77)57-51-45-37-14-12-10-8-2)65-89-93(81,82)87-61-69(76)62-88-94(83,84)90-66-71(64-86-73(78)58-52-46-40-34-29-26-25-28-33-39-44-50-56-68(5)6)92-75(80)60-54-48-42-36-31-24-21-19-20-22-27-32-38-43-49-55-67(3)4/h67-71,76H,7-66H2,1-6H3,(H,81,82)(H,83,84)/t69-,70+,71+/m0/s1. The number of unbranched alkanes of at least 4 members (excludes halogenated alkanes) is 44. The molecule has 0 aromatic rings. The van der Waals surface area contributed by atoms with E-state index in [1.165, 1.54) is 193 Å². The number of ether oxygens (including phenoxy) is 4. The molecule has 0 rings (SSSR count). The fraction of sp³-hybridized carbons (Fsp3) is 0.947. The summed E-state index contributed by atoms with van der Waals surface area (Å²) in [5.41, 5.74) is 0. The van der Waals surface area contributed by atoms with Crippen LogP contribution < -0.4 is 0 Å². The highest BCUT2D eigenvalue weighted by Gasteiger charge is 2.30. The smallest absolute Gasteiger partial charge is 0.462 e. The Morgan fingerprint density at radius 3 is 0.723 bits per heavy atom. The number of hydrogen-bond donors (Lipinski definition) is 3. The summed E-state index contributed by atoms with van der Waals surface area (Å²) < 4.78 is 68.4. The van der Waals surface area contributed by atoms with Gasteiger partial charge in [-0.15, -0.1) is 0 Å². The van der Waals surface area contributed by atoms with Crippen molar-refractivity contribution < 1.29 is 80.2 Å². The molecular weight excluding hydrogens is 1230 g/mol. The van der Waals surface area contributed by atoms with Gasteiger partial charge in [-0.1, -0.05) is 337 Å². The SMILES string of the molecule is CCCCCCCCCCCCCCCCC(=O)O[C@H](COC(=O)CCCCCCCCC)COP(=O)(O)OC[C@H](O)COP(=O)(O)OC[C@@H](COC(=O)CCCCCCCCCCCCCCC(C)C)OC(=O)CCCCCCCCCCCCCCCCCC(C)C. The topological polar surface area (TPSA) is 237 Å². The molecule has 19 heteroatoms. The van der Waals surface area contributed by atoms with Gasteiger partial charge in [0.15, 0.2) is 12.2 Å². The molecule has 0 saturated carbocycles. The molecule has 0 saturated heterocycles. The van der Waals surface area contributed by atoms with Gasteiger partial charge in [-0.05, 0) is 37.5 Å². The molecule has 5 atom stereocenters. The summed E-state index contributed by atoms with van der Waals surface area (Å²) in [4.78, 5) is 72.6. The number of rotatable bonds is 74. The molecule has 0 aliphatic heterocycles. The maximum Gasteiger partial charge on any atom is 0.472 e. The Bertz CT molecular complexity index is 1820. The zero-order valence-electron chi connectivity index (χ0n) is 61.3. The minimum atomic E-state index is -4.96. The van der Waals surface area contributed by atoms with Gasteiger partial charge in [0.05, 0.1) is 26.4 Å². The lowest BCUT2D eigenvalue weighted by Crippen LogP contribution is -2.30. The Kier molecular flexibility index (Phi) is 65.5. The van der Waals surface area contributed by atoms with Crippen LogP contribution in [0.4, 0.5) is 0 Å². The molecule has 0 aromatic heterocycles. The van der Waals surface area contributed by atoms with Crippen LogP contribution in [0.5, 0.6) is 0 Å². The first-order valence-electron chi connectivity index (χ1n) is 39.0. The highest BCUT2D eigenvalue weighted by molar-refractivity contribution is 7.47. The minimum Gasteiger partial charge on any atom is -0.462 e. The van der Waals surface area contributed by atoms with Crippen LogP contribution in [-0.2, 0) is 65.4 Å². The quantitative estimate of drug-likeness (QED) is 0.0222. The lowest BCUT2D eigenvalue weighted by molar-refractivity contribution is -0.161. The van der Waals surface area contributed by atoms with Crippen molar-refractivity contribution in [3.05, 3.63) is 0 Å². The molecule has 0 aliphatic rings. The molecule has 558 valence electrons. The average Bonchev–Trinajstić information content (AvgIpc) is 1.78. The van der Waals surface area contributed by atoms with Crippen LogP contribution in [0.2, 0.25) is 0 Å². The highest BCUT2D eigenvalue weighted by atomic mass is 31.2. The maximum atomic E-state index is 13.1. The van der Waals surface area contributed by atoms with E-state index in [1.807, 2.05) is 0 Å². The molecule has 0 spiro atoms. The first-order chi connectivity index (χ1) is 45.4. The van der Waals surface area contributed by atoms with Crippen molar-refractivity contribution in [2.45, 2.75) is 407 Å². The fourth-order valence-corrected chi connectivity index (χ4v) is 13.1. The Morgan fingerprint density at radius 1 is 0.287 bits per heavy atom. The van der Waals surface area contributed by atoms with Crippen LogP contribution in [0.25, 0.3) is 0 Å². The van der Waals surface area contributed by atoms with Crippen molar-refractivity contribution in [2.75, 3.05) is 39.6 Å². The molecule has 17 nitrogen and oxygen atoms in total. The zero-order chi connectivity index (χ0) is 69.3. The fourth-order valence-electron chi connectivity index (χ4n) is 11.5. The predicted octanol–water partition coefficient (Wildman–Crippen LogP) is 21.9. The summed E-state index contributed by atoms with van der Waals surface area (Å²) in [5.74, 6) is -0.535. The summed E-state index contributed by atoms with van der Waals surface area (Å²) in [6, 6.07) is 0. The van der Waals surface area contributed by atoms with Crippen molar-refractivity contribution in [1.29, 1.82) is 0 Å². The Labute approximate surface area is 575 Å². The Hall–Kier alpha value is -1.94. The number of carbonyl (C=O) groups excluding carboxylic acids is 4. The third kappa shape index (κ3) is 68.6. The number of carbonyl (C=O) groups is 4. The Morgan fingerprint density at radius 2 is 0.489 bits per heavy atom. The van der Waals surface area contributed by atoms with Crippen LogP contribution in [0.1, 0.15) is 388 Å². The molecule has 0 fully saturated rings. The Balaban J connectivity index is 5.20. The van der Waals surface area contributed by atoms with E-state index in [9.17, 15) is 43.2 Å². The molecule has 0 aromatic carbocycles. The molecule has 2 unspecified atom stereocenters. The zero-order valence-corrected chi connectivity index (χ0v) is 63.1. The van der Waals surface area contributed by atoms with Gasteiger partial charge in [-0.2, -0.15) is 0 Å². The maximum absolute atomic E-state index is 13.1. The largest absolute Gasteiger partial charge is 0.472 e. The number of hydrogen-bond acceptors (Lipinski definition) is 15. The van der Waals surface area contributed by atoms with E-state index < -0.39 is 97.5 Å². The van der Waals surface area contributed by atoms with Crippen LogP contribution in [0, 0.1) is 11.8 Å². The van der Waals surface area contributed by atoms with Gasteiger partial charge in [-0.25, -0.2) is 9.13 Å². The van der Waals surface area contributed by atoms with E-state index in [0.29, 0.717) is 25.7 Å². The van der Waals surface area contributed by atoms with Crippen molar-refractivity contribution in [3.8, 4) is 0 Å². The summed E-state index contributed by atoms with van der Waals surface area (Å²) in [6.45, 7) is 9.59. The molecule has 3 N–H and O–H groups in total. The number of aliphatic hydroxyl groups excluding tert-OH is 1. The van der Waals surface area contributed by atoms with Crippen molar-refractivity contribution >= 4 is 39.5 Å². The third-order valence-electron chi connectivity index (χ3n) is 17.5. The van der Waals surface area contributed by atoms with Gasteiger partial charge in [0.1, 0.15) is 19.3 Å². The van der Waals surface area contributed by atoms with Gasteiger partial charge in [0.2, 0.25) is 0 Å². The predicted molar refractivity (Wildman–Crippen MR) is 381 cm³/mol. The van der Waals surface area contributed by atoms with Gasteiger partial charge in [0, 0.05) is 25.7 Å². The van der Waals surface area contributed by atoms with Gasteiger partial charge in [0.25, 0.3) is 0 Å². The molecule has 0 heterocycles. The van der Waals surface area contributed by atoms with Crippen LogP contribution in [-0.4, -0.2) is 96.7 Å². The van der Waals surface area contributed by atoms with Crippen LogP contribution in [0.15, 0.2) is 0 Å². The monoisotopic (exact) mass is 1380 g/mol. The molecule has 0 radical (unpaired) electrons. The molecule has 0 aliphatic carbocycles. The van der Waals surface area contributed by atoms with Gasteiger partial charge in [-0.3, -0.25) is 37.3 Å². The second kappa shape index (κ2) is 66.9. The first-order valence-corrected chi connectivity index (χ1v) is 42.0. The number of phosphoric acid groups is 2. The summed E-state index contributed by atoms with van der Waals surface area (Å²) >= 11 is 0. The van der Waals surface area contributed by atoms with E-state index >= 15 is 0 Å². The van der Waals surface area contributed by atoms with Crippen molar-refractivity contribution in [1.82, 2.24) is 0 Å². The molecule has 0 bridgehead atoms. The van der Waals surface area contributed by atoms with E-state index in [1.54, 1.807) is 0 Å². The molecular formula is C75H146O17P2. The molecule has 0 amide bonds. The average molecular weight is 1380 g/mol. The third-order valence-corrected chi connectivity index (χ3v) is 19.4. The lowest BCUT2D eigenvalue weighted by atomic mass is 10.0. The first kappa shape index (κ1) is 92.1. The van der Waals surface area contributed by atoms with E-state index in [2.05, 4.69) is 41.5 Å². The van der Waals surface area contributed by atoms with E-state index in [-0.39, 0.29) is 25.7 Å². The second-order valence-corrected chi connectivity index (χ2v) is 30.9. The van der Waals surface area contributed by atoms with E-state index in [0.717, 1.165) is 115 Å². The van der Waals surface area contributed by atoms with Gasteiger partial charge >= 0.3 is 39.5 Å². The summed E-state index contributed by atoms with van der Waals surface area (Å²) in [6.07, 6.45) is 54.1. The number of esters is 4. The van der Waals surface area contributed by atoms with Crippen LogP contribution >= 0.6 is 15.6 Å². The normalized spacial score (nSPS) is 14.0. The van der Waals surface area contributed by atoms with Crippen LogP contribution in [0.3, 0.4) is 0 Å². The second-order valence-electron chi connectivity index (χ2n) is 28.0. The van der Waals surface area contributed by atoms with Crippen molar-refractivity contribution in [2.24, 2.45) is 11.8 Å². The lowest BCUT2D eigenvalue weighted by Gasteiger charge is -2.21. The summed E-state index contributed by atoms with van der Waals surface area (Å²) in [7, 11) is -9.90. The number of aliphatic hydroxyl groups is 1. The highest BCUT2D eigenvalue weighted by Crippen LogP contribution is 2.45. The van der Waals surface area contributed by atoms with E-state index in [4.69, 9.17) is 37.0 Å². The van der Waals surface area contributed by atoms with Gasteiger partial charge < -0.3 is 33.8 Å². The number of phosphoric ester groups is 2. The molecule has 94 heavy (non-hydrogen) atoms. The summed E-state index contributed by atoms with van der Waals surface area (Å²) in [5, 5.41) is 10.6. The van der Waals surface area contributed by atoms with Crippen molar-refractivity contribution in [3.63, 3.8) is 0 Å². The minimum absolute atomic E-state index is 0.108.